The Morgan fingerprint density at radius 2 is 0.853 bits per heavy atom. The number of esters is 4. The molecule has 0 aliphatic carbocycles. The molecular weight excluding hydrogens is 857 g/mol. The van der Waals surface area contributed by atoms with Gasteiger partial charge in [-0.05, 0) is 109 Å². The molecule has 1 rings (SSSR count). The normalized spacial score (nSPS) is 21.9. The maximum Gasteiger partial charge on any atom is 0.305 e. The Balaban J connectivity index is 2.87. The van der Waals surface area contributed by atoms with Crippen molar-refractivity contribution in [1.82, 2.24) is 9.80 Å². The Bertz CT molecular complexity index is 1250. The van der Waals surface area contributed by atoms with Gasteiger partial charge >= 0.3 is 23.9 Å². The smallest absolute Gasteiger partial charge is 0.305 e. The number of amides is 1. The lowest BCUT2D eigenvalue weighted by Gasteiger charge is -2.23. The van der Waals surface area contributed by atoms with Gasteiger partial charge in [-0.2, -0.15) is 0 Å². The largest absolute Gasteiger partial charge is 0.466 e. The number of hydrogen-bond acceptors (Lipinski definition) is 10. The quantitative estimate of drug-likeness (QED) is 0.0744. The summed E-state index contributed by atoms with van der Waals surface area (Å²) in [6.07, 6.45) is 36.0. The maximum atomic E-state index is 13.1. The van der Waals surface area contributed by atoms with Crippen LogP contribution in [0, 0.1) is 17.8 Å². The van der Waals surface area contributed by atoms with E-state index in [-0.39, 0.29) is 43.0 Å². The lowest BCUT2D eigenvalue weighted by Crippen LogP contribution is -2.34. The van der Waals surface area contributed by atoms with Crippen LogP contribution in [0.2, 0.25) is 0 Å². The van der Waals surface area contributed by atoms with E-state index in [9.17, 15) is 24.0 Å². The van der Waals surface area contributed by atoms with Crippen LogP contribution in [0.25, 0.3) is 0 Å². The Hall–Kier alpha value is -2.69. The summed E-state index contributed by atoms with van der Waals surface area (Å²) in [5.74, 6) is 0.886. The minimum absolute atomic E-state index is 0.0494. The number of ether oxygens (including phenoxy) is 4. The van der Waals surface area contributed by atoms with E-state index in [1.165, 1.54) is 122 Å². The average Bonchev–Trinajstić information content (AvgIpc) is 3.31. The summed E-state index contributed by atoms with van der Waals surface area (Å²) in [4.78, 5) is 67.6. The van der Waals surface area contributed by atoms with Gasteiger partial charge in [0, 0.05) is 45.2 Å². The van der Waals surface area contributed by atoms with Crippen LogP contribution in [0.5, 0.6) is 0 Å². The molecule has 0 aromatic rings. The van der Waals surface area contributed by atoms with Crippen LogP contribution in [-0.2, 0) is 42.9 Å². The Morgan fingerprint density at radius 1 is 0.456 bits per heavy atom. The summed E-state index contributed by atoms with van der Waals surface area (Å²) < 4.78 is 22.8. The molecule has 0 aromatic heterocycles. The summed E-state index contributed by atoms with van der Waals surface area (Å²) in [5, 5.41) is 0. The maximum absolute atomic E-state index is 13.1. The van der Waals surface area contributed by atoms with E-state index in [2.05, 4.69) is 25.7 Å². The van der Waals surface area contributed by atoms with Crippen molar-refractivity contribution in [2.24, 2.45) is 17.8 Å². The van der Waals surface area contributed by atoms with Crippen LogP contribution in [0.3, 0.4) is 0 Å². The minimum Gasteiger partial charge on any atom is -0.466 e. The molecule has 1 aliphatic heterocycles. The van der Waals surface area contributed by atoms with Crippen LogP contribution in [-0.4, -0.2) is 99.7 Å². The highest BCUT2D eigenvalue weighted by Crippen LogP contribution is 2.26. The molecule has 1 saturated heterocycles. The highest BCUT2D eigenvalue weighted by Gasteiger charge is 2.18. The molecule has 3 unspecified atom stereocenters. The first kappa shape index (κ1) is 63.3. The van der Waals surface area contributed by atoms with Crippen molar-refractivity contribution < 1.29 is 42.9 Å². The number of nitrogens with zero attached hydrogens (tertiary/aromatic N) is 2. The van der Waals surface area contributed by atoms with Crippen molar-refractivity contribution in [3.05, 3.63) is 0 Å². The Labute approximate surface area is 417 Å². The third-order valence-corrected chi connectivity index (χ3v) is 13.8. The first-order valence-corrected chi connectivity index (χ1v) is 28.6. The van der Waals surface area contributed by atoms with Crippen molar-refractivity contribution in [3.8, 4) is 0 Å². The van der Waals surface area contributed by atoms with Gasteiger partial charge in [-0.1, -0.05) is 156 Å². The monoisotopic (exact) mass is 963 g/mol. The van der Waals surface area contributed by atoms with Gasteiger partial charge in [0.25, 0.3) is 0 Å². The van der Waals surface area contributed by atoms with Gasteiger partial charge in [0.2, 0.25) is 5.91 Å². The minimum atomic E-state index is -0.257. The van der Waals surface area contributed by atoms with E-state index >= 15 is 0 Å². The van der Waals surface area contributed by atoms with E-state index in [1.807, 2.05) is 14.1 Å². The zero-order chi connectivity index (χ0) is 49.7. The van der Waals surface area contributed by atoms with Crippen molar-refractivity contribution >= 4 is 29.8 Å². The molecule has 68 heavy (non-hydrogen) atoms. The summed E-state index contributed by atoms with van der Waals surface area (Å²) >= 11 is 0. The summed E-state index contributed by atoms with van der Waals surface area (Å²) in [7, 11) is 3.97. The molecule has 0 radical (unpaired) electrons. The number of hydrogen-bond donors (Lipinski definition) is 0. The topological polar surface area (TPSA) is 129 Å². The Morgan fingerprint density at radius 3 is 1.31 bits per heavy atom. The van der Waals surface area contributed by atoms with E-state index in [0.717, 1.165) is 57.4 Å². The summed E-state index contributed by atoms with van der Waals surface area (Å²) in [5.41, 5.74) is 0. The molecule has 0 aromatic carbocycles. The second kappa shape index (κ2) is 45.4. The SMILES string of the molecule is CCCCCCCCC1CCCCCC(CCC)CCCCC(CCCCCC)COC(=O)CCCCCC(=O)OCCCN(C(=O)CCCN(C)C)CCCOC(=O)CCCCCC(=O)OC1. The van der Waals surface area contributed by atoms with Crippen molar-refractivity contribution in [1.29, 1.82) is 0 Å². The third kappa shape index (κ3) is 39.1. The molecule has 11 heteroatoms. The van der Waals surface area contributed by atoms with Crippen molar-refractivity contribution in [3.63, 3.8) is 0 Å². The zero-order valence-corrected chi connectivity index (χ0v) is 44.9. The van der Waals surface area contributed by atoms with Gasteiger partial charge in [-0.3, -0.25) is 24.0 Å². The lowest BCUT2D eigenvalue weighted by molar-refractivity contribution is -0.146. The number of unbranched alkanes of at least 4 members (excludes halogenated alkanes) is 8. The molecule has 1 heterocycles. The van der Waals surface area contributed by atoms with Gasteiger partial charge in [-0.15, -0.1) is 0 Å². The Kier molecular flexibility index (Phi) is 42.3. The second-order valence-corrected chi connectivity index (χ2v) is 20.6. The fourth-order valence-electron chi connectivity index (χ4n) is 9.54. The number of carbonyl (C=O) groups is 5. The molecule has 1 amide bonds. The standard InChI is InChI=1S/C57H106N2O9/c1-6-9-11-13-14-19-35-51-36-21-15-20-32-50(31-8-3)33-26-27-37-52(34-18-12-10-7-2)49-68-57(64)42-25-17-23-40-55(62)66-47-30-45-59(53(60)38-28-43-58(4)5)44-29-46-65-54(61)39-22-16-24-41-56(63)67-48-51/h50-52H,6-49H2,1-5H3. The molecule has 11 nitrogen and oxygen atoms in total. The van der Waals surface area contributed by atoms with Crippen molar-refractivity contribution in [2.75, 3.05) is 60.2 Å². The molecule has 0 spiro atoms. The van der Waals surface area contributed by atoms with Crippen LogP contribution in [0.15, 0.2) is 0 Å². The number of carbonyl (C=O) groups excluding carboxylic acids is 5. The first-order chi connectivity index (χ1) is 33.1. The molecular formula is C57H106N2O9. The zero-order valence-electron chi connectivity index (χ0n) is 44.9. The van der Waals surface area contributed by atoms with Crippen molar-refractivity contribution in [2.45, 2.75) is 258 Å². The van der Waals surface area contributed by atoms with Gasteiger partial charge in [-0.25, -0.2) is 0 Å². The van der Waals surface area contributed by atoms with Gasteiger partial charge in [0.15, 0.2) is 0 Å². The number of cyclic esters (lactones) is 4. The van der Waals surface area contributed by atoms with Crippen LogP contribution >= 0.6 is 0 Å². The fraction of sp³-hybridized carbons (Fsp3) is 0.912. The van der Waals surface area contributed by atoms with E-state index in [1.54, 1.807) is 4.90 Å². The molecule has 3 atom stereocenters. The van der Waals surface area contributed by atoms with Gasteiger partial charge in [0.05, 0.1) is 26.4 Å². The summed E-state index contributed by atoms with van der Waals surface area (Å²) in [6.45, 7) is 10.1. The van der Waals surface area contributed by atoms with Crippen LogP contribution in [0.1, 0.15) is 258 Å². The molecule has 0 N–H and O–H groups in total. The van der Waals surface area contributed by atoms with Gasteiger partial charge in [0.1, 0.15) is 0 Å². The van der Waals surface area contributed by atoms with Crippen LogP contribution < -0.4 is 0 Å². The molecule has 0 saturated carbocycles. The lowest BCUT2D eigenvalue weighted by atomic mass is 9.88. The third-order valence-electron chi connectivity index (χ3n) is 13.8. The fourth-order valence-corrected chi connectivity index (χ4v) is 9.54. The second-order valence-electron chi connectivity index (χ2n) is 20.6. The van der Waals surface area contributed by atoms with Crippen LogP contribution in [0.4, 0.5) is 0 Å². The average molecular weight is 963 g/mol. The first-order valence-electron chi connectivity index (χ1n) is 28.6. The van der Waals surface area contributed by atoms with E-state index in [4.69, 9.17) is 18.9 Å². The number of rotatable bonds is 18. The molecule has 1 fully saturated rings. The molecule has 1 aliphatic rings. The summed E-state index contributed by atoms with van der Waals surface area (Å²) in [6, 6.07) is 0. The van der Waals surface area contributed by atoms with E-state index < -0.39 is 0 Å². The van der Waals surface area contributed by atoms with E-state index in [0.29, 0.717) is 109 Å². The molecule has 398 valence electrons. The van der Waals surface area contributed by atoms with Gasteiger partial charge < -0.3 is 28.7 Å². The highest BCUT2D eigenvalue weighted by atomic mass is 16.5. The highest BCUT2D eigenvalue weighted by molar-refractivity contribution is 5.76. The molecule has 0 bridgehead atoms. The predicted octanol–water partition coefficient (Wildman–Crippen LogP) is 13.9. The predicted molar refractivity (Wildman–Crippen MR) is 277 cm³/mol.